The second-order valence-corrected chi connectivity index (χ2v) is 9.62. The first-order valence-electron chi connectivity index (χ1n) is 9.79. The number of carbonyl (C=O) groups excluding carboxylic acids is 1. The number of carbonyl (C=O) groups is 1. The number of nitrogens with one attached hydrogen (secondary N) is 1. The molecule has 1 N–H and O–H groups in total. The van der Waals surface area contributed by atoms with E-state index in [-0.39, 0.29) is 23.3 Å². The molecule has 6 nitrogen and oxygen atoms in total. The SMILES string of the molecule is COc1ccc(S(=O)(=O)N(C)C)cc1CCC(=O)N[C@@H]1CCCc2ccccc21. The Morgan fingerprint density at radius 1 is 1.21 bits per heavy atom. The summed E-state index contributed by atoms with van der Waals surface area (Å²) >= 11 is 0. The number of benzene rings is 2. The quantitative estimate of drug-likeness (QED) is 0.753. The third-order valence-electron chi connectivity index (χ3n) is 5.36. The third-order valence-corrected chi connectivity index (χ3v) is 7.17. The smallest absolute Gasteiger partial charge is 0.242 e. The first-order valence-corrected chi connectivity index (χ1v) is 11.2. The van der Waals surface area contributed by atoms with Gasteiger partial charge in [-0.15, -0.1) is 0 Å². The Morgan fingerprint density at radius 3 is 2.69 bits per heavy atom. The molecule has 0 saturated heterocycles. The van der Waals surface area contributed by atoms with Gasteiger partial charge in [0.25, 0.3) is 0 Å². The van der Waals surface area contributed by atoms with Crippen LogP contribution in [0.15, 0.2) is 47.4 Å². The van der Waals surface area contributed by atoms with Crippen LogP contribution in [0.1, 0.15) is 42.0 Å². The largest absolute Gasteiger partial charge is 0.496 e. The monoisotopic (exact) mass is 416 g/mol. The van der Waals surface area contributed by atoms with Crippen LogP contribution in [0.5, 0.6) is 5.75 Å². The second kappa shape index (κ2) is 8.97. The van der Waals surface area contributed by atoms with Crippen molar-refractivity contribution in [3.05, 3.63) is 59.2 Å². The van der Waals surface area contributed by atoms with Crippen LogP contribution in [0, 0.1) is 0 Å². The van der Waals surface area contributed by atoms with E-state index in [1.165, 1.54) is 42.7 Å². The molecule has 0 fully saturated rings. The van der Waals surface area contributed by atoms with E-state index in [9.17, 15) is 13.2 Å². The zero-order chi connectivity index (χ0) is 21.0. The molecule has 0 aromatic heterocycles. The van der Waals surface area contributed by atoms with E-state index >= 15 is 0 Å². The number of hydrogen-bond donors (Lipinski definition) is 1. The lowest BCUT2D eigenvalue weighted by Crippen LogP contribution is -2.31. The lowest BCUT2D eigenvalue weighted by molar-refractivity contribution is -0.121. The van der Waals surface area contributed by atoms with Crippen molar-refractivity contribution in [2.75, 3.05) is 21.2 Å². The molecule has 1 aliphatic rings. The van der Waals surface area contributed by atoms with Crippen molar-refractivity contribution in [1.82, 2.24) is 9.62 Å². The van der Waals surface area contributed by atoms with Gasteiger partial charge in [0, 0.05) is 20.5 Å². The summed E-state index contributed by atoms with van der Waals surface area (Å²) in [7, 11) is 0.987. The Hall–Kier alpha value is -2.38. The lowest BCUT2D eigenvalue weighted by atomic mass is 9.87. The highest BCUT2D eigenvalue weighted by molar-refractivity contribution is 7.89. The Labute approximate surface area is 172 Å². The van der Waals surface area contributed by atoms with Gasteiger partial charge < -0.3 is 10.1 Å². The predicted octanol–water partition coefficient (Wildman–Crippen LogP) is 3.07. The number of hydrogen-bond acceptors (Lipinski definition) is 4. The van der Waals surface area contributed by atoms with Crippen LogP contribution in [-0.4, -0.2) is 39.8 Å². The van der Waals surface area contributed by atoms with Crippen molar-refractivity contribution >= 4 is 15.9 Å². The number of sulfonamides is 1. The van der Waals surface area contributed by atoms with Crippen molar-refractivity contribution in [3.63, 3.8) is 0 Å². The molecule has 0 unspecified atom stereocenters. The number of rotatable bonds is 7. The molecular formula is C22H28N2O4S. The van der Waals surface area contributed by atoms with Crippen molar-refractivity contribution in [3.8, 4) is 5.75 Å². The molecule has 1 amide bonds. The van der Waals surface area contributed by atoms with Crippen LogP contribution >= 0.6 is 0 Å². The van der Waals surface area contributed by atoms with Gasteiger partial charge in [-0.3, -0.25) is 4.79 Å². The maximum Gasteiger partial charge on any atom is 0.242 e. The van der Waals surface area contributed by atoms with Gasteiger partial charge in [0.1, 0.15) is 5.75 Å². The molecule has 29 heavy (non-hydrogen) atoms. The lowest BCUT2D eigenvalue weighted by Gasteiger charge is -2.26. The van der Waals surface area contributed by atoms with Crippen molar-refractivity contribution < 1.29 is 17.9 Å². The average molecular weight is 417 g/mol. The van der Waals surface area contributed by atoms with Crippen LogP contribution in [0.4, 0.5) is 0 Å². The molecule has 2 aromatic rings. The minimum absolute atomic E-state index is 0.0369. The minimum Gasteiger partial charge on any atom is -0.496 e. The molecule has 1 aliphatic carbocycles. The Balaban J connectivity index is 1.70. The van der Waals surface area contributed by atoms with Gasteiger partial charge in [0.2, 0.25) is 15.9 Å². The fourth-order valence-electron chi connectivity index (χ4n) is 3.74. The van der Waals surface area contributed by atoms with Crippen LogP contribution in [0.2, 0.25) is 0 Å². The van der Waals surface area contributed by atoms with E-state index in [4.69, 9.17) is 4.74 Å². The summed E-state index contributed by atoms with van der Waals surface area (Å²) in [5.74, 6) is 0.535. The fourth-order valence-corrected chi connectivity index (χ4v) is 4.69. The molecule has 0 bridgehead atoms. The highest BCUT2D eigenvalue weighted by Crippen LogP contribution is 2.30. The maximum absolute atomic E-state index is 12.6. The van der Waals surface area contributed by atoms with Crippen molar-refractivity contribution in [2.24, 2.45) is 0 Å². The van der Waals surface area contributed by atoms with Crippen LogP contribution in [-0.2, 0) is 27.7 Å². The minimum atomic E-state index is -3.54. The molecule has 156 valence electrons. The fraction of sp³-hybridized carbons (Fsp3) is 0.409. The van der Waals surface area contributed by atoms with Crippen LogP contribution < -0.4 is 10.1 Å². The Kier molecular flexibility index (Phi) is 6.59. The molecule has 0 spiro atoms. The zero-order valence-electron chi connectivity index (χ0n) is 17.1. The maximum atomic E-state index is 12.6. The van der Waals surface area contributed by atoms with Gasteiger partial charge in [-0.1, -0.05) is 24.3 Å². The predicted molar refractivity (Wildman–Crippen MR) is 112 cm³/mol. The standard InChI is InChI=1S/C22H28N2O4S/c1-24(2)29(26,27)18-12-13-21(28-3)17(15-18)11-14-22(25)23-20-10-6-8-16-7-4-5-9-19(16)20/h4-5,7,9,12-13,15,20H,6,8,10-11,14H2,1-3H3,(H,23,25)/t20-/m1/s1. The third kappa shape index (κ3) is 4.79. The number of aryl methyl sites for hydroxylation is 2. The first kappa shape index (κ1) is 21.3. The number of amides is 1. The summed E-state index contributed by atoms with van der Waals surface area (Å²) in [4.78, 5) is 12.8. The summed E-state index contributed by atoms with van der Waals surface area (Å²) < 4.78 is 31.3. The van der Waals surface area contributed by atoms with E-state index in [2.05, 4.69) is 17.4 Å². The number of nitrogens with zero attached hydrogens (tertiary/aromatic N) is 1. The topological polar surface area (TPSA) is 75.7 Å². The Morgan fingerprint density at radius 2 is 1.97 bits per heavy atom. The molecule has 3 rings (SSSR count). The second-order valence-electron chi connectivity index (χ2n) is 7.47. The average Bonchev–Trinajstić information content (AvgIpc) is 2.72. The highest BCUT2D eigenvalue weighted by atomic mass is 32.2. The van der Waals surface area contributed by atoms with Gasteiger partial charge in [0.15, 0.2) is 0 Å². The molecular weight excluding hydrogens is 388 g/mol. The van der Waals surface area contributed by atoms with Gasteiger partial charge in [-0.2, -0.15) is 0 Å². The summed E-state index contributed by atoms with van der Waals surface area (Å²) in [5.41, 5.74) is 3.20. The highest BCUT2D eigenvalue weighted by Gasteiger charge is 2.22. The summed E-state index contributed by atoms with van der Waals surface area (Å²) in [5, 5.41) is 3.14. The summed E-state index contributed by atoms with van der Waals surface area (Å²) in [6.45, 7) is 0. The molecule has 7 heteroatoms. The van der Waals surface area contributed by atoms with Crippen molar-refractivity contribution in [2.45, 2.75) is 43.0 Å². The van der Waals surface area contributed by atoms with Gasteiger partial charge in [-0.25, -0.2) is 12.7 Å². The summed E-state index contributed by atoms with van der Waals surface area (Å²) in [6.07, 6.45) is 3.70. The Bertz CT molecular complexity index is 986. The molecule has 0 radical (unpaired) electrons. The van der Waals surface area contributed by atoms with Gasteiger partial charge in [0.05, 0.1) is 18.0 Å². The molecule has 0 heterocycles. The van der Waals surface area contributed by atoms with Gasteiger partial charge >= 0.3 is 0 Å². The summed E-state index contributed by atoms with van der Waals surface area (Å²) in [6, 6.07) is 13.0. The van der Waals surface area contributed by atoms with Gasteiger partial charge in [-0.05, 0) is 60.6 Å². The van der Waals surface area contributed by atoms with E-state index in [1.807, 2.05) is 12.1 Å². The van der Waals surface area contributed by atoms with E-state index in [0.717, 1.165) is 19.3 Å². The van der Waals surface area contributed by atoms with Crippen LogP contribution in [0.25, 0.3) is 0 Å². The normalized spacial score (nSPS) is 16.3. The number of ether oxygens (including phenoxy) is 1. The molecule has 2 aromatic carbocycles. The molecule has 1 atom stereocenters. The first-order chi connectivity index (χ1) is 13.8. The van der Waals surface area contributed by atoms with Crippen molar-refractivity contribution in [1.29, 1.82) is 0 Å². The van der Waals surface area contributed by atoms with E-state index < -0.39 is 10.0 Å². The number of fused-ring (bicyclic) bond motifs is 1. The molecule has 0 saturated carbocycles. The van der Waals surface area contributed by atoms with E-state index in [1.54, 1.807) is 12.1 Å². The number of methoxy groups -OCH3 is 1. The molecule has 0 aliphatic heterocycles. The van der Waals surface area contributed by atoms with E-state index in [0.29, 0.717) is 17.7 Å². The van der Waals surface area contributed by atoms with Crippen LogP contribution in [0.3, 0.4) is 0 Å². The zero-order valence-corrected chi connectivity index (χ0v) is 18.0.